The van der Waals surface area contributed by atoms with Gasteiger partial charge in [-0.1, -0.05) is 12.1 Å². The molecule has 1 aliphatic heterocycles. The van der Waals surface area contributed by atoms with E-state index in [0.717, 1.165) is 49.0 Å². The van der Waals surface area contributed by atoms with Crippen LogP contribution in [0.2, 0.25) is 0 Å². The summed E-state index contributed by atoms with van der Waals surface area (Å²) in [7, 11) is 0. The second-order valence-corrected chi connectivity index (χ2v) is 7.79. The molecule has 0 radical (unpaired) electrons. The summed E-state index contributed by atoms with van der Waals surface area (Å²) < 4.78 is 5.71. The van der Waals surface area contributed by atoms with E-state index in [-0.39, 0.29) is 12.4 Å². The highest BCUT2D eigenvalue weighted by Crippen LogP contribution is 2.19. The molecule has 2 heterocycles. The van der Waals surface area contributed by atoms with E-state index in [1.807, 2.05) is 35.8 Å². The van der Waals surface area contributed by atoms with E-state index in [4.69, 9.17) is 4.74 Å². The van der Waals surface area contributed by atoms with E-state index >= 15 is 0 Å². The molecule has 1 unspecified atom stereocenters. The van der Waals surface area contributed by atoms with Crippen molar-refractivity contribution < 1.29 is 14.6 Å². The number of piperazine rings is 1. The molecule has 7 heteroatoms. The average molecular weight is 390 g/mol. The molecule has 0 aliphatic carbocycles. The zero-order valence-electron chi connectivity index (χ0n) is 15.7. The number of β-amino-alcohol motifs (C(OH)–C–C–N with tert-alkyl or cyclic N) is 1. The van der Waals surface area contributed by atoms with Gasteiger partial charge < -0.3 is 19.5 Å². The molecule has 27 heavy (non-hydrogen) atoms. The molecule has 6 nitrogen and oxygen atoms in total. The fraction of sp³-hybridized carbons (Fsp3) is 0.500. The molecular formula is C20H27N3O3S. The van der Waals surface area contributed by atoms with E-state index in [2.05, 4.69) is 14.8 Å². The average Bonchev–Trinajstić information content (AvgIpc) is 3.21. The minimum Gasteiger partial charge on any atom is -0.491 e. The van der Waals surface area contributed by atoms with Gasteiger partial charge in [0.15, 0.2) is 5.13 Å². The largest absolute Gasteiger partial charge is 0.491 e. The summed E-state index contributed by atoms with van der Waals surface area (Å²) in [5, 5.41) is 13.4. The number of nitrogens with zero attached hydrogens (tertiary/aromatic N) is 3. The first-order valence-electron chi connectivity index (χ1n) is 9.36. The van der Waals surface area contributed by atoms with Gasteiger partial charge in [0, 0.05) is 50.7 Å². The van der Waals surface area contributed by atoms with Gasteiger partial charge in [0.05, 0.1) is 0 Å². The van der Waals surface area contributed by atoms with Gasteiger partial charge in [-0.3, -0.25) is 4.90 Å². The predicted molar refractivity (Wildman–Crippen MR) is 108 cm³/mol. The van der Waals surface area contributed by atoms with Crippen molar-refractivity contribution in [2.75, 3.05) is 44.2 Å². The lowest BCUT2D eigenvalue weighted by Gasteiger charge is -2.35. The highest BCUT2D eigenvalue weighted by molar-refractivity contribution is 7.13. The second kappa shape index (κ2) is 9.82. The van der Waals surface area contributed by atoms with E-state index < -0.39 is 6.10 Å². The van der Waals surface area contributed by atoms with Crippen molar-refractivity contribution in [1.82, 2.24) is 9.88 Å². The van der Waals surface area contributed by atoms with Gasteiger partial charge in [0.1, 0.15) is 24.2 Å². The molecule has 1 aliphatic rings. The van der Waals surface area contributed by atoms with Crippen LogP contribution in [0, 0.1) is 0 Å². The van der Waals surface area contributed by atoms with Crippen molar-refractivity contribution in [2.24, 2.45) is 0 Å². The summed E-state index contributed by atoms with van der Waals surface area (Å²) in [5.74, 6) is 0.945. The number of rotatable bonds is 9. The fourth-order valence-corrected chi connectivity index (χ4v) is 3.81. The van der Waals surface area contributed by atoms with Gasteiger partial charge in [-0.25, -0.2) is 4.98 Å². The molecule has 0 spiro atoms. The summed E-state index contributed by atoms with van der Waals surface area (Å²) in [6.45, 7) is 6.20. The number of Topliss-reactive ketones (excluding diaryl/α,β-unsaturated/α-hetero) is 1. The summed E-state index contributed by atoms with van der Waals surface area (Å²) in [5.41, 5.74) is 1.12. The van der Waals surface area contributed by atoms with E-state index in [9.17, 15) is 9.90 Å². The fourth-order valence-electron chi connectivity index (χ4n) is 3.11. The van der Waals surface area contributed by atoms with Crippen LogP contribution in [-0.2, 0) is 11.2 Å². The lowest BCUT2D eigenvalue weighted by molar-refractivity contribution is -0.116. The zero-order chi connectivity index (χ0) is 19.1. The highest BCUT2D eigenvalue weighted by atomic mass is 32.1. The molecule has 1 atom stereocenters. The van der Waals surface area contributed by atoms with Gasteiger partial charge in [-0.15, -0.1) is 11.3 Å². The van der Waals surface area contributed by atoms with Crippen molar-refractivity contribution in [3.05, 3.63) is 41.4 Å². The number of aromatic nitrogens is 1. The Bertz CT molecular complexity index is 698. The molecular weight excluding hydrogens is 362 g/mol. The monoisotopic (exact) mass is 389 g/mol. The number of benzene rings is 1. The van der Waals surface area contributed by atoms with Crippen LogP contribution in [0.15, 0.2) is 35.8 Å². The summed E-state index contributed by atoms with van der Waals surface area (Å²) in [6, 6.07) is 7.74. The number of aryl methyl sites for hydroxylation is 1. The molecule has 1 aromatic carbocycles. The Morgan fingerprint density at radius 2 is 2.00 bits per heavy atom. The number of carbonyl (C=O) groups is 1. The number of hydrogen-bond acceptors (Lipinski definition) is 7. The van der Waals surface area contributed by atoms with Crippen LogP contribution in [0.5, 0.6) is 5.75 Å². The zero-order valence-corrected chi connectivity index (χ0v) is 16.5. The number of anilines is 1. The first kappa shape index (κ1) is 19.8. The Hall–Kier alpha value is -1.96. The number of thiazole rings is 1. The Balaban J connectivity index is 1.36. The number of aliphatic hydroxyl groups excluding tert-OH is 1. The van der Waals surface area contributed by atoms with Crippen molar-refractivity contribution in [3.8, 4) is 5.75 Å². The maximum Gasteiger partial charge on any atom is 0.185 e. The van der Waals surface area contributed by atoms with Gasteiger partial charge in [-0.2, -0.15) is 0 Å². The van der Waals surface area contributed by atoms with Crippen molar-refractivity contribution in [3.63, 3.8) is 0 Å². The molecule has 1 N–H and O–H groups in total. The first-order chi connectivity index (χ1) is 13.1. The Morgan fingerprint density at radius 1 is 1.26 bits per heavy atom. The third kappa shape index (κ3) is 6.30. The topological polar surface area (TPSA) is 65.9 Å². The SMILES string of the molecule is CC(=O)CCc1ccc(OCC(O)CN2CCN(c3nccs3)CC2)cc1. The van der Waals surface area contributed by atoms with E-state index in [1.54, 1.807) is 18.3 Å². The molecule has 0 bridgehead atoms. The van der Waals surface area contributed by atoms with Crippen LogP contribution in [-0.4, -0.2) is 66.2 Å². The molecule has 1 fully saturated rings. The van der Waals surface area contributed by atoms with Crippen LogP contribution < -0.4 is 9.64 Å². The van der Waals surface area contributed by atoms with Crippen LogP contribution in [0.4, 0.5) is 5.13 Å². The molecule has 0 amide bonds. The van der Waals surface area contributed by atoms with Crippen LogP contribution in [0.3, 0.4) is 0 Å². The molecule has 2 aromatic rings. The summed E-state index contributed by atoms with van der Waals surface area (Å²) >= 11 is 1.67. The van der Waals surface area contributed by atoms with Gasteiger partial charge in [0.2, 0.25) is 0 Å². The van der Waals surface area contributed by atoms with Gasteiger partial charge in [-0.05, 0) is 31.0 Å². The minimum absolute atomic E-state index is 0.200. The number of hydrogen-bond donors (Lipinski definition) is 1. The van der Waals surface area contributed by atoms with Crippen molar-refractivity contribution >= 4 is 22.3 Å². The maximum absolute atomic E-state index is 11.0. The lowest BCUT2D eigenvalue weighted by Crippen LogP contribution is -2.49. The normalized spacial score (nSPS) is 16.3. The Labute approximate surface area is 164 Å². The second-order valence-electron chi connectivity index (χ2n) is 6.91. The number of carbonyl (C=O) groups excluding carboxylic acids is 1. The number of aliphatic hydroxyl groups is 1. The Kier molecular flexibility index (Phi) is 7.20. The Morgan fingerprint density at radius 3 is 2.63 bits per heavy atom. The molecule has 1 aromatic heterocycles. The highest BCUT2D eigenvalue weighted by Gasteiger charge is 2.20. The van der Waals surface area contributed by atoms with Crippen molar-refractivity contribution in [1.29, 1.82) is 0 Å². The predicted octanol–water partition coefficient (Wildman–Crippen LogP) is 2.23. The van der Waals surface area contributed by atoms with Crippen molar-refractivity contribution in [2.45, 2.75) is 25.9 Å². The van der Waals surface area contributed by atoms with Crippen LogP contribution in [0.25, 0.3) is 0 Å². The van der Waals surface area contributed by atoms with E-state index in [0.29, 0.717) is 13.0 Å². The van der Waals surface area contributed by atoms with E-state index in [1.165, 1.54) is 0 Å². The molecule has 0 saturated carbocycles. The van der Waals surface area contributed by atoms with Gasteiger partial charge in [0.25, 0.3) is 0 Å². The minimum atomic E-state index is -0.520. The standard InChI is InChI=1S/C20H27N3O3S/c1-16(24)2-3-17-4-6-19(7-5-17)26-15-18(25)14-22-9-11-23(12-10-22)20-21-8-13-27-20/h4-8,13,18,25H,2-3,9-12,14-15H2,1H3. The quantitative estimate of drug-likeness (QED) is 0.709. The third-order valence-electron chi connectivity index (χ3n) is 4.66. The van der Waals surface area contributed by atoms with Crippen LogP contribution >= 0.6 is 11.3 Å². The lowest BCUT2D eigenvalue weighted by atomic mass is 10.1. The third-order valence-corrected chi connectivity index (χ3v) is 5.49. The van der Waals surface area contributed by atoms with Gasteiger partial charge >= 0.3 is 0 Å². The molecule has 1 saturated heterocycles. The smallest absolute Gasteiger partial charge is 0.185 e. The number of ketones is 1. The molecule has 3 rings (SSSR count). The maximum atomic E-state index is 11.0. The summed E-state index contributed by atoms with van der Waals surface area (Å²) in [4.78, 5) is 20.0. The molecule has 146 valence electrons. The summed E-state index contributed by atoms with van der Waals surface area (Å²) in [6.07, 6.45) is 2.64. The number of ether oxygens (including phenoxy) is 1. The first-order valence-corrected chi connectivity index (χ1v) is 10.2. The van der Waals surface area contributed by atoms with Crippen LogP contribution in [0.1, 0.15) is 18.9 Å².